The van der Waals surface area contributed by atoms with Crippen LogP contribution in [0, 0.1) is 0 Å². The molecule has 0 saturated carbocycles. The number of halogens is 2. The molecule has 6 heteroatoms. The second kappa shape index (κ2) is 4.30. The number of H-pyrrole nitrogens is 1. The minimum Gasteiger partial charge on any atom is -0.300 e. The first-order valence-electron chi connectivity index (χ1n) is 3.07. The molecule has 3 nitrogen and oxygen atoms in total. The van der Waals surface area contributed by atoms with Crippen molar-refractivity contribution in [2.45, 2.75) is 11.0 Å². The van der Waals surface area contributed by atoms with Gasteiger partial charge in [-0.15, -0.1) is 11.6 Å². The van der Waals surface area contributed by atoms with E-state index in [1.54, 1.807) is 0 Å². The van der Waals surface area contributed by atoms with Crippen LogP contribution in [0.2, 0.25) is 0 Å². The van der Waals surface area contributed by atoms with Gasteiger partial charge in [-0.05, 0) is 22.2 Å². The Hall–Kier alpha value is -0.000000000000000111. The molecule has 1 heterocycles. The van der Waals surface area contributed by atoms with Gasteiger partial charge in [-0.1, -0.05) is 11.8 Å². The third-order valence-corrected chi connectivity index (χ3v) is 2.88. The maximum absolute atomic E-state index is 11.2. The first kappa shape index (κ1) is 10.1. The van der Waals surface area contributed by atoms with Gasteiger partial charge >= 0.3 is 0 Å². The first-order valence-corrected chi connectivity index (χ1v) is 5.63. The van der Waals surface area contributed by atoms with Gasteiger partial charge in [0.25, 0.3) is 5.56 Å². The zero-order valence-electron chi connectivity index (χ0n) is 6.23. The molecule has 0 unspecified atom stereocenters. The van der Waals surface area contributed by atoms with Crippen molar-refractivity contribution in [2.75, 3.05) is 6.26 Å². The highest BCUT2D eigenvalue weighted by molar-refractivity contribution is 9.10. The topological polar surface area (TPSA) is 45.8 Å². The molecule has 66 valence electrons. The lowest BCUT2D eigenvalue weighted by molar-refractivity contribution is 0.888. The number of alkyl halides is 1. The van der Waals surface area contributed by atoms with Crippen LogP contribution in [0.25, 0.3) is 0 Å². The van der Waals surface area contributed by atoms with Crippen LogP contribution in [0.3, 0.4) is 0 Å². The van der Waals surface area contributed by atoms with Gasteiger partial charge in [0.15, 0.2) is 5.16 Å². The Morgan fingerprint density at radius 3 is 2.92 bits per heavy atom. The van der Waals surface area contributed by atoms with E-state index in [4.69, 9.17) is 11.6 Å². The van der Waals surface area contributed by atoms with E-state index < -0.39 is 0 Å². The Kier molecular flexibility index (Phi) is 3.61. The fraction of sp³-hybridized carbons (Fsp3) is 0.333. The van der Waals surface area contributed by atoms with Crippen molar-refractivity contribution < 1.29 is 0 Å². The van der Waals surface area contributed by atoms with Crippen molar-refractivity contribution in [1.82, 2.24) is 9.97 Å². The van der Waals surface area contributed by atoms with E-state index in [-0.39, 0.29) is 11.4 Å². The average Bonchev–Trinajstić information content (AvgIpc) is 2.09. The lowest BCUT2D eigenvalue weighted by Crippen LogP contribution is -2.12. The second-order valence-corrected chi connectivity index (χ2v) is 3.82. The number of nitrogens with zero attached hydrogens (tertiary/aromatic N) is 1. The maximum atomic E-state index is 11.2. The molecular formula is C6H6BrClN2OS. The first-order chi connectivity index (χ1) is 5.69. The Morgan fingerprint density at radius 2 is 2.42 bits per heavy atom. The second-order valence-electron chi connectivity index (χ2n) is 1.97. The minimum absolute atomic E-state index is 0.190. The molecule has 0 bridgehead atoms. The number of rotatable bonds is 2. The van der Waals surface area contributed by atoms with Crippen LogP contribution in [0.5, 0.6) is 0 Å². The van der Waals surface area contributed by atoms with Crippen LogP contribution in [0.15, 0.2) is 14.4 Å². The van der Waals surface area contributed by atoms with Crippen LogP contribution < -0.4 is 5.56 Å². The number of aromatic amines is 1. The Bertz CT molecular complexity index is 341. The Labute approximate surface area is 87.1 Å². The molecule has 0 aliphatic carbocycles. The number of hydrogen-bond donors (Lipinski definition) is 1. The van der Waals surface area contributed by atoms with Gasteiger partial charge < -0.3 is 4.98 Å². The number of aromatic nitrogens is 2. The molecule has 0 aliphatic rings. The van der Waals surface area contributed by atoms with Crippen LogP contribution in [-0.4, -0.2) is 16.2 Å². The Balaban J connectivity index is 3.29. The molecule has 0 saturated heterocycles. The van der Waals surface area contributed by atoms with Gasteiger partial charge in [-0.25, -0.2) is 4.98 Å². The molecule has 0 amide bonds. The van der Waals surface area contributed by atoms with Gasteiger partial charge in [-0.2, -0.15) is 0 Å². The molecule has 0 aliphatic heterocycles. The molecule has 1 aromatic heterocycles. The molecule has 12 heavy (non-hydrogen) atoms. The van der Waals surface area contributed by atoms with Crippen LogP contribution >= 0.6 is 39.3 Å². The highest BCUT2D eigenvalue weighted by atomic mass is 79.9. The van der Waals surface area contributed by atoms with Crippen LogP contribution in [0.1, 0.15) is 5.69 Å². The summed E-state index contributed by atoms with van der Waals surface area (Å²) in [6.45, 7) is 0. The number of nitrogens with one attached hydrogen (secondary N) is 1. The van der Waals surface area contributed by atoms with Crippen molar-refractivity contribution in [3.8, 4) is 0 Å². The van der Waals surface area contributed by atoms with E-state index in [2.05, 4.69) is 25.9 Å². The molecule has 0 atom stereocenters. The van der Waals surface area contributed by atoms with E-state index in [0.717, 1.165) is 0 Å². The summed E-state index contributed by atoms with van der Waals surface area (Å²) in [7, 11) is 0. The smallest absolute Gasteiger partial charge is 0.266 e. The van der Waals surface area contributed by atoms with Crippen LogP contribution in [-0.2, 0) is 5.88 Å². The summed E-state index contributed by atoms with van der Waals surface area (Å²) in [5.74, 6) is 0.234. The third-order valence-electron chi connectivity index (χ3n) is 1.23. The van der Waals surface area contributed by atoms with Crippen LogP contribution in [0.4, 0.5) is 0 Å². The molecule has 0 aromatic carbocycles. The molecular weight excluding hydrogens is 264 g/mol. The fourth-order valence-electron chi connectivity index (χ4n) is 0.668. The molecule has 1 N–H and O–H groups in total. The van der Waals surface area contributed by atoms with Gasteiger partial charge in [0.2, 0.25) is 0 Å². The summed E-state index contributed by atoms with van der Waals surface area (Å²) >= 11 is 10.1. The van der Waals surface area contributed by atoms with Crippen molar-refractivity contribution in [3.05, 3.63) is 20.5 Å². The monoisotopic (exact) mass is 268 g/mol. The summed E-state index contributed by atoms with van der Waals surface area (Å²) in [4.78, 5) is 17.9. The summed E-state index contributed by atoms with van der Waals surface area (Å²) in [6, 6.07) is 0. The minimum atomic E-state index is -0.190. The highest BCUT2D eigenvalue weighted by Crippen LogP contribution is 2.14. The molecule has 0 spiro atoms. The lowest BCUT2D eigenvalue weighted by Gasteiger charge is -2.00. The van der Waals surface area contributed by atoms with E-state index >= 15 is 0 Å². The van der Waals surface area contributed by atoms with Gasteiger partial charge in [0, 0.05) is 0 Å². The zero-order valence-corrected chi connectivity index (χ0v) is 9.39. The van der Waals surface area contributed by atoms with E-state index in [1.807, 2.05) is 6.26 Å². The van der Waals surface area contributed by atoms with Gasteiger partial charge in [0.05, 0.1) is 11.6 Å². The summed E-state index contributed by atoms with van der Waals surface area (Å²) in [5.41, 5.74) is 0.384. The number of hydrogen-bond acceptors (Lipinski definition) is 3. The normalized spacial score (nSPS) is 10.2. The van der Waals surface area contributed by atoms with Crippen molar-refractivity contribution in [1.29, 1.82) is 0 Å². The quantitative estimate of drug-likeness (QED) is 0.507. The van der Waals surface area contributed by atoms with Crippen molar-refractivity contribution >= 4 is 39.3 Å². The SMILES string of the molecule is CSc1nc(CCl)c(Br)c(=O)[nH]1. The van der Waals surface area contributed by atoms with Crippen molar-refractivity contribution in [3.63, 3.8) is 0 Å². The highest BCUT2D eigenvalue weighted by Gasteiger charge is 2.06. The predicted molar refractivity (Wildman–Crippen MR) is 53.9 cm³/mol. The summed E-state index contributed by atoms with van der Waals surface area (Å²) < 4.78 is 0.412. The lowest BCUT2D eigenvalue weighted by atomic mass is 10.4. The zero-order chi connectivity index (χ0) is 9.14. The molecule has 0 radical (unpaired) electrons. The predicted octanol–water partition coefficient (Wildman–Crippen LogP) is 1.99. The standard InChI is InChI=1S/C6H6BrClN2OS/c1-12-6-9-3(2-8)4(7)5(11)10-6/h2H2,1H3,(H,9,10,11). The molecule has 1 rings (SSSR count). The Morgan fingerprint density at radius 1 is 1.75 bits per heavy atom. The number of thioether (sulfide) groups is 1. The van der Waals surface area contributed by atoms with Crippen molar-refractivity contribution in [2.24, 2.45) is 0 Å². The van der Waals surface area contributed by atoms with Gasteiger partial charge in [0.1, 0.15) is 4.47 Å². The van der Waals surface area contributed by atoms with E-state index in [1.165, 1.54) is 11.8 Å². The summed E-state index contributed by atoms with van der Waals surface area (Å²) in [5, 5.41) is 0.582. The average molecular weight is 270 g/mol. The maximum Gasteiger partial charge on any atom is 0.266 e. The van der Waals surface area contributed by atoms with E-state index in [0.29, 0.717) is 15.3 Å². The van der Waals surface area contributed by atoms with E-state index in [9.17, 15) is 4.79 Å². The largest absolute Gasteiger partial charge is 0.300 e. The fourth-order valence-corrected chi connectivity index (χ4v) is 1.75. The summed E-state index contributed by atoms with van der Waals surface area (Å²) in [6.07, 6.45) is 1.84. The molecule has 0 fully saturated rings. The third kappa shape index (κ3) is 2.02. The van der Waals surface area contributed by atoms with Gasteiger partial charge in [-0.3, -0.25) is 4.79 Å². The molecule has 1 aromatic rings.